The van der Waals surface area contributed by atoms with Gasteiger partial charge >= 0.3 is 6.18 Å². The lowest BCUT2D eigenvalue weighted by Gasteiger charge is -2.24. The monoisotopic (exact) mass is 392 g/mol. The molecule has 0 saturated heterocycles. The Morgan fingerprint density at radius 2 is 1.93 bits per heavy atom. The zero-order valence-corrected chi connectivity index (χ0v) is 15.0. The maximum absolute atomic E-state index is 12.6. The van der Waals surface area contributed by atoms with Gasteiger partial charge in [-0.25, -0.2) is 9.97 Å². The molecule has 1 aliphatic carbocycles. The molecule has 3 aromatic rings. The largest absolute Gasteiger partial charge is 0.433 e. The van der Waals surface area contributed by atoms with Gasteiger partial charge in [-0.3, -0.25) is 4.98 Å². The zero-order chi connectivity index (χ0) is 19.0. The van der Waals surface area contributed by atoms with Crippen molar-refractivity contribution in [3.63, 3.8) is 0 Å². The molecule has 27 heavy (non-hydrogen) atoms. The molecule has 8 heteroatoms. The van der Waals surface area contributed by atoms with Gasteiger partial charge in [0, 0.05) is 29.1 Å². The maximum Gasteiger partial charge on any atom is 0.433 e. The van der Waals surface area contributed by atoms with Gasteiger partial charge in [0.2, 0.25) is 0 Å². The molecule has 0 unspecified atom stereocenters. The number of hydrogen-bond acceptors (Lipinski definition) is 4. The first-order valence-electron chi connectivity index (χ1n) is 8.63. The summed E-state index contributed by atoms with van der Waals surface area (Å²) < 4.78 is 37.9. The minimum Gasteiger partial charge on any atom is -0.365 e. The smallest absolute Gasteiger partial charge is 0.365 e. The van der Waals surface area contributed by atoms with Gasteiger partial charge in [0.05, 0.1) is 5.52 Å². The molecule has 2 heterocycles. The maximum atomic E-state index is 12.6. The Kier molecular flexibility index (Phi) is 4.63. The van der Waals surface area contributed by atoms with Crippen molar-refractivity contribution in [2.45, 2.75) is 37.9 Å². The highest BCUT2D eigenvalue weighted by molar-refractivity contribution is 6.31. The molecular weight excluding hydrogens is 377 g/mol. The minimum absolute atomic E-state index is 0.299. The fourth-order valence-electron chi connectivity index (χ4n) is 2.98. The molecule has 0 atom stereocenters. The lowest BCUT2D eigenvalue weighted by atomic mass is 9.85. The molecule has 4 nitrogen and oxygen atoms in total. The molecule has 1 aliphatic rings. The van der Waals surface area contributed by atoms with Crippen molar-refractivity contribution in [2.24, 2.45) is 0 Å². The van der Waals surface area contributed by atoms with Crippen molar-refractivity contribution in [1.82, 2.24) is 15.0 Å². The molecule has 1 fully saturated rings. The van der Waals surface area contributed by atoms with E-state index >= 15 is 0 Å². The van der Waals surface area contributed by atoms with Gasteiger partial charge in [-0.2, -0.15) is 13.2 Å². The number of hydrogen-bond donors (Lipinski definition) is 1. The molecule has 1 aromatic carbocycles. The molecule has 1 N–H and O–H groups in total. The van der Waals surface area contributed by atoms with Crippen molar-refractivity contribution in [3.8, 4) is 0 Å². The second-order valence-corrected chi connectivity index (χ2v) is 7.06. The summed E-state index contributed by atoms with van der Waals surface area (Å²) in [5.41, 5.74) is 0.518. The summed E-state index contributed by atoms with van der Waals surface area (Å²) >= 11 is 6.11. The van der Waals surface area contributed by atoms with Crippen LogP contribution in [0.15, 0.2) is 36.5 Å². The van der Waals surface area contributed by atoms with Crippen LogP contribution < -0.4 is 5.32 Å². The van der Waals surface area contributed by atoms with Crippen LogP contribution >= 0.6 is 11.6 Å². The topological polar surface area (TPSA) is 50.7 Å². The normalized spacial score (nSPS) is 15.0. The summed E-state index contributed by atoms with van der Waals surface area (Å²) in [5, 5.41) is 4.56. The summed E-state index contributed by atoms with van der Waals surface area (Å²) in [7, 11) is 0. The van der Waals surface area contributed by atoms with Crippen molar-refractivity contribution < 1.29 is 13.2 Å². The fraction of sp³-hybridized carbons (Fsp3) is 0.316. The van der Waals surface area contributed by atoms with Crippen LogP contribution in [0.5, 0.6) is 0 Å². The molecular formula is C19H16ClF3N4. The van der Waals surface area contributed by atoms with Crippen LogP contribution in [-0.2, 0) is 12.7 Å². The van der Waals surface area contributed by atoms with E-state index in [0.717, 1.165) is 35.6 Å². The average molecular weight is 393 g/mol. The first kappa shape index (κ1) is 18.0. The highest BCUT2D eigenvalue weighted by atomic mass is 35.5. The molecule has 140 valence electrons. The van der Waals surface area contributed by atoms with E-state index in [1.54, 1.807) is 12.1 Å². The number of anilines is 1. The van der Waals surface area contributed by atoms with Gasteiger partial charge in [-0.05, 0) is 42.7 Å². The summed E-state index contributed by atoms with van der Waals surface area (Å²) in [6.07, 6.45) is 0.0949. The number of pyridine rings is 1. The summed E-state index contributed by atoms with van der Waals surface area (Å²) in [6, 6.07) is 7.81. The van der Waals surface area contributed by atoms with Crippen LogP contribution in [0.4, 0.5) is 19.0 Å². The number of benzene rings is 1. The number of nitrogens with one attached hydrogen (secondary N) is 1. The predicted molar refractivity (Wildman–Crippen MR) is 97.7 cm³/mol. The zero-order valence-electron chi connectivity index (χ0n) is 14.2. The summed E-state index contributed by atoms with van der Waals surface area (Å²) in [6.45, 7) is 0.299. The lowest BCUT2D eigenvalue weighted by Crippen LogP contribution is -2.14. The van der Waals surface area contributed by atoms with E-state index < -0.39 is 11.9 Å². The van der Waals surface area contributed by atoms with Gasteiger partial charge in [0.1, 0.15) is 17.3 Å². The molecule has 0 spiro atoms. The van der Waals surface area contributed by atoms with Crippen LogP contribution in [0.3, 0.4) is 0 Å². The Labute approximate surface area is 158 Å². The first-order chi connectivity index (χ1) is 12.9. The van der Waals surface area contributed by atoms with E-state index in [2.05, 4.69) is 20.3 Å². The predicted octanol–water partition coefficient (Wildman–Crippen LogP) is 5.58. The Balaban J connectivity index is 1.61. The van der Waals surface area contributed by atoms with Crippen molar-refractivity contribution in [2.75, 3.05) is 5.32 Å². The molecule has 4 rings (SSSR count). The van der Waals surface area contributed by atoms with E-state index in [-0.39, 0.29) is 0 Å². The third-order valence-electron chi connectivity index (χ3n) is 4.72. The highest BCUT2D eigenvalue weighted by Crippen LogP contribution is 2.36. The van der Waals surface area contributed by atoms with Gasteiger partial charge in [0.25, 0.3) is 0 Å². The van der Waals surface area contributed by atoms with Crippen molar-refractivity contribution in [1.29, 1.82) is 0 Å². The van der Waals surface area contributed by atoms with Crippen molar-refractivity contribution in [3.05, 3.63) is 58.6 Å². The number of halogens is 4. The summed E-state index contributed by atoms with van der Waals surface area (Å²) in [5.74, 6) is 1.78. The summed E-state index contributed by atoms with van der Waals surface area (Å²) in [4.78, 5) is 12.8. The Hall–Kier alpha value is -2.41. The van der Waals surface area contributed by atoms with Gasteiger partial charge < -0.3 is 5.32 Å². The van der Waals surface area contributed by atoms with Crippen LogP contribution in [0, 0.1) is 0 Å². The first-order valence-corrected chi connectivity index (χ1v) is 9.01. The van der Waals surface area contributed by atoms with E-state index in [4.69, 9.17) is 11.6 Å². The van der Waals surface area contributed by atoms with Crippen LogP contribution in [0.2, 0.25) is 5.02 Å². The molecule has 0 bridgehead atoms. The Bertz CT molecular complexity index is 969. The van der Waals surface area contributed by atoms with E-state index in [1.165, 1.54) is 18.7 Å². The molecule has 0 aliphatic heterocycles. The van der Waals surface area contributed by atoms with E-state index in [9.17, 15) is 13.2 Å². The molecule has 0 radical (unpaired) electrons. The standard InChI is InChI=1S/C19H16ClF3N4/c20-13-5-6-15-14(8-13)18(27-17(26-15)12-2-1-3-12)25-10-11-4-7-16(24-9-11)19(21,22)23/h4-9,12H,1-3,10H2,(H,25,26,27). The fourth-order valence-corrected chi connectivity index (χ4v) is 3.16. The third kappa shape index (κ3) is 3.83. The lowest BCUT2D eigenvalue weighted by molar-refractivity contribution is -0.141. The minimum atomic E-state index is -4.44. The van der Waals surface area contributed by atoms with Gasteiger partial charge in [-0.1, -0.05) is 24.1 Å². The van der Waals surface area contributed by atoms with Crippen LogP contribution in [0.1, 0.15) is 42.3 Å². The van der Waals surface area contributed by atoms with E-state index in [1.807, 2.05) is 6.07 Å². The van der Waals surface area contributed by atoms with Crippen LogP contribution in [-0.4, -0.2) is 15.0 Å². The van der Waals surface area contributed by atoms with Gasteiger partial charge in [0.15, 0.2) is 0 Å². The van der Waals surface area contributed by atoms with Crippen LogP contribution in [0.25, 0.3) is 10.9 Å². The number of nitrogens with zero attached hydrogens (tertiary/aromatic N) is 3. The average Bonchev–Trinajstić information content (AvgIpc) is 2.58. The number of rotatable bonds is 4. The quantitative estimate of drug-likeness (QED) is 0.630. The second-order valence-electron chi connectivity index (χ2n) is 6.62. The second kappa shape index (κ2) is 6.96. The SMILES string of the molecule is FC(F)(F)c1ccc(CNc2nc(C3CCC3)nc3ccc(Cl)cc23)cn1. The highest BCUT2D eigenvalue weighted by Gasteiger charge is 2.32. The number of aromatic nitrogens is 3. The molecule has 1 saturated carbocycles. The number of alkyl halides is 3. The van der Waals surface area contributed by atoms with Crippen molar-refractivity contribution >= 4 is 28.3 Å². The Morgan fingerprint density at radius 3 is 2.56 bits per heavy atom. The number of fused-ring (bicyclic) bond motifs is 1. The molecule has 2 aromatic heterocycles. The third-order valence-corrected chi connectivity index (χ3v) is 4.96. The van der Waals surface area contributed by atoms with E-state index in [0.29, 0.717) is 28.9 Å². The Morgan fingerprint density at radius 1 is 1.11 bits per heavy atom. The molecule has 0 amide bonds. The van der Waals surface area contributed by atoms with Gasteiger partial charge in [-0.15, -0.1) is 0 Å².